The Morgan fingerprint density at radius 1 is 1.43 bits per heavy atom. The average Bonchev–Trinajstić information content (AvgIpc) is 2.68. The van der Waals surface area contributed by atoms with E-state index in [0.717, 1.165) is 11.2 Å². The summed E-state index contributed by atoms with van der Waals surface area (Å²) in [6.07, 6.45) is 4.72. The van der Waals surface area contributed by atoms with Gasteiger partial charge in [-0.1, -0.05) is 27.2 Å². The smallest absolute Gasteiger partial charge is 0.0664 e. The molecule has 1 rings (SSSR count). The maximum Gasteiger partial charge on any atom is 0.0664 e. The Morgan fingerprint density at radius 2 is 2.14 bits per heavy atom. The molecule has 1 nitrogen and oxygen atoms in total. The van der Waals surface area contributed by atoms with Crippen LogP contribution < -0.4 is 0 Å². The summed E-state index contributed by atoms with van der Waals surface area (Å²) in [7, 11) is 0. The summed E-state index contributed by atoms with van der Waals surface area (Å²) in [4.78, 5) is 4.63. The molecule has 0 amide bonds. The molecule has 1 heterocycles. The van der Waals surface area contributed by atoms with E-state index in [1.54, 1.807) is 0 Å². The highest BCUT2D eigenvalue weighted by atomic mass is 32.2. The maximum atomic E-state index is 4.63. The molecule has 14 heavy (non-hydrogen) atoms. The van der Waals surface area contributed by atoms with Crippen LogP contribution >= 0.6 is 23.5 Å². The molecule has 0 aromatic carbocycles. The van der Waals surface area contributed by atoms with Crippen LogP contribution in [0.3, 0.4) is 0 Å². The van der Waals surface area contributed by atoms with Crippen molar-refractivity contribution < 1.29 is 0 Å². The molecule has 1 aliphatic rings. The van der Waals surface area contributed by atoms with Crippen LogP contribution in [0.5, 0.6) is 0 Å². The molecule has 0 bridgehead atoms. The standard InChI is InChI=1S/C11H21NS2/c1-5-8(3)10-11(14-7-12-10)9(6-2)13-4/h7-11H,5-6H2,1-4H3. The fourth-order valence-corrected chi connectivity index (χ4v) is 4.40. The zero-order valence-electron chi connectivity index (χ0n) is 9.56. The largest absolute Gasteiger partial charge is 0.282 e. The number of aliphatic imine (C=N–C) groups is 1. The van der Waals surface area contributed by atoms with Gasteiger partial charge in [0, 0.05) is 10.5 Å². The molecule has 0 fully saturated rings. The van der Waals surface area contributed by atoms with Gasteiger partial charge in [0.15, 0.2) is 0 Å². The highest BCUT2D eigenvalue weighted by Crippen LogP contribution is 2.36. The first kappa shape index (κ1) is 12.4. The predicted octanol–water partition coefficient (Wildman–Crippen LogP) is 3.69. The lowest BCUT2D eigenvalue weighted by Crippen LogP contribution is -2.32. The summed E-state index contributed by atoms with van der Waals surface area (Å²) in [5, 5.41) is 1.48. The third kappa shape index (κ3) is 2.69. The molecular formula is C11H21NS2. The molecule has 82 valence electrons. The molecule has 0 radical (unpaired) electrons. The predicted molar refractivity (Wildman–Crippen MR) is 70.7 cm³/mol. The molecule has 0 spiro atoms. The molecule has 1 aliphatic heterocycles. The maximum absolute atomic E-state index is 4.63. The quantitative estimate of drug-likeness (QED) is 0.715. The van der Waals surface area contributed by atoms with Gasteiger partial charge in [0.05, 0.1) is 11.6 Å². The van der Waals surface area contributed by atoms with Crippen molar-refractivity contribution >= 4 is 29.1 Å². The summed E-state index contributed by atoms with van der Waals surface area (Å²) >= 11 is 3.94. The van der Waals surface area contributed by atoms with Crippen molar-refractivity contribution in [2.45, 2.75) is 50.2 Å². The van der Waals surface area contributed by atoms with E-state index in [-0.39, 0.29) is 0 Å². The van der Waals surface area contributed by atoms with Gasteiger partial charge in [-0.15, -0.1) is 11.8 Å². The highest BCUT2D eigenvalue weighted by molar-refractivity contribution is 8.13. The Labute approximate surface area is 96.5 Å². The molecule has 0 saturated carbocycles. The molecule has 4 atom stereocenters. The fourth-order valence-electron chi connectivity index (χ4n) is 1.89. The Hall–Kier alpha value is 0.370. The van der Waals surface area contributed by atoms with Crippen LogP contribution in [0, 0.1) is 5.92 Å². The third-order valence-corrected chi connectivity index (χ3v) is 5.66. The Kier molecular flexibility index (Phi) is 5.39. The molecule has 0 aliphatic carbocycles. The van der Waals surface area contributed by atoms with E-state index in [9.17, 15) is 0 Å². The van der Waals surface area contributed by atoms with Gasteiger partial charge < -0.3 is 0 Å². The van der Waals surface area contributed by atoms with Crippen molar-refractivity contribution in [1.29, 1.82) is 0 Å². The van der Waals surface area contributed by atoms with Gasteiger partial charge in [-0.25, -0.2) is 0 Å². The van der Waals surface area contributed by atoms with E-state index in [1.807, 2.05) is 23.5 Å². The highest BCUT2D eigenvalue weighted by Gasteiger charge is 2.33. The van der Waals surface area contributed by atoms with Crippen molar-refractivity contribution in [3.63, 3.8) is 0 Å². The van der Waals surface area contributed by atoms with E-state index in [0.29, 0.717) is 11.3 Å². The summed E-state index contributed by atoms with van der Waals surface area (Å²) < 4.78 is 0. The molecule has 3 heteroatoms. The van der Waals surface area contributed by atoms with Crippen LogP contribution in [0.1, 0.15) is 33.6 Å². The number of nitrogens with zero attached hydrogens (tertiary/aromatic N) is 1. The average molecular weight is 231 g/mol. The van der Waals surface area contributed by atoms with Crippen LogP contribution in [-0.2, 0) is 0 Å². The van der Waals surface area contributed by atoms with Gasteiger partial charge in [-0.2, -0.15) is 11.8 Å². The van der Waals surface area contributed by atoms with Crippen LogP contribution in [0.2, 0.25) is 0 Å². The van der Waals surface area contributed by atoms with Crippen molar-refractivity contribution in [1.82, 2.24) is 0 Å². The van der Waals surface area contributed by atoms with Crippen LogP contribution in [0.4, 0.5) is 0 Å². The lowest BCUT2D eigenvalue weighted by atomic mass is 9.94. The molecule has 0 saturated heterocycles. The van der Waals surface area contributed by atoms with E-state index in [1.165, 1.54) is 12.8 Å². The van der Waals surface area contributed by atoms with Crippen LogP contribution in [-0.4, -0.2) is 28.3 Å². The topological polar surface area (TPSA) is 12.4 Å². The first-order valence-electron chi connectivity index (χ1n) is 5.44. The zero-order valence-corrected chi connectivity index (χ0v) is 11.2. The summed E-state index contributed by atoms with van der Waals surface area (Å²) in [5.41, 5.74) is 2.07. The normalized spacial score (nSPS) is 30.6. The number of rotatable bonds is 5. The summed E-state index contributed by atoms with van der Waals surface area (Å²) in [6.45, 7) is 6.88. The molecule has 0 aromatic rings. The van der Waals surface area contributed by atoms with Gasteiger partial charge >= 0.3 is 0 Å². The Bertz CT molecular complexity index is 190. The third-order valence-electron chi connectivity index (χ3n) is 3.09. The second kappa shape index (κ2) is 6.06. The van der Waals surface area contributed by atoms with Crippen molar-refractivity contribution in [2.75, 3.05) is 6.26 Å². The zero-order chi connectivity index (χ0) is 10.6. The summed E-state index contributed by atoms with van der Waals surface area (Å²) in [6, 6.07) is 0.558. The Balaban J connectivity index is 2.60. The SMILES string of the molecule is CCC(C)C1N=CSC1C(CC)SC. The van der Waals surface area contributed by atoms with E-state index >= 15 is 0 Å². The van der Waals surface area contributed by atoms with E-state index in [4.69, 9.17) is 0 Å². The first-order chi connectivity index (χ1) is 6.74. The van der Waals surface area contributed by atoms with Crippen molar-refractivity contribution in [3.05, 3.63) is 0 Å². The second-order valence-electron chi connectivity index (χ2n) is 3.91. The minimum atomic E-state index is 0.558. The summed E-state index contributed by atoms with van der Waals surface area (Å²) in [5.74, 6) is 0.729. The van der Waals surface area contributed by atoms with Gasteiger partial charge in [-0.3, -0.25) is 4.99 Å². The number of hydrogen-bond acceptors (Lipinski definition) is 3. The van der Waals surface area contributed by atoms with Gasteiger partial charge in [0.25, 0.3) is 0 Å². The van der Waals surface area contributed by atoms with Gasteiger partial charge in [0.2, 0.25) is 0 Å². The molecule has 0 aromatic heterocycles. The minimum Gasteiger partial charge on any atom is -0.282 e. The van der Waals surface area contributed by atoms with Gasteiger partial charge in [0.1, 0.15) is 0 Å². The van der Waals surface area contributed by atoms with E-state index in [2.05, 4.69) is 37.6 Å². The van der Waals surface area contributed by atoms with Crippen molar-refractivity contribution in [2.24, 2.45) is 10.9 Å². The lowest BCUT2D eigenvalue weighted by molar-refractivity contribution is 0.431. The molecular weight excluding hydrogens is 210 g/mol. The van der Waals surface area contributed by atoms with E-state index < -0.39 is 0 Å². The molecule has 0 N–H and O–H groups in total. The lowest BCUT2D eigenvalue weighted by Gasteiger charge is -2.27. The fraction of sp³-hybridized carbons (Fsp3) is 0.909. The second-order valence-corrected chi connectivity index (χ2v) is 6.02. The Morgan fingerprint density at radius 3 is 2.64 bits per heavy atom. The number of thioether (sulfide) groups is 2. The minimum absolute atomic E-state index is 0.558. The van der Waals surface area contributed by atoms with Gasteiger partial charge in [-0.05, 0) is 18.6 Å². The van der Waals surface area contributed by atoms with Crippen LogP contribution in [0.25, 0.3) is 0 Å². The first-order valence-corrected chi connectivity index (χ1v) is 7.67. The van der Waals surface area contributed by atoms with Crippen molar-refractivity contribution in [3.8, 4) is 0 Å². The molecule has 4 unspecified atom stereocenters. The number of hydrogen-bond donors (Lipinski definition) is 0. The van der Waals surface area contributed by atoms with Crippen LogP contribution in [0.15, 0.2) is 4.99 Å². The monoisotopic (exact) mass is 231 g/mol.